The highest BCUT2D eigenvalue weighted by Crippen LogP contribution is 2.29. The van der Waals surface area contributed by atoms with Gasteiger partial charge >= 0.3 is 11.9 Å². The Labute approximate surface area is 374 Å². The standard InChI is InChI=1S/C41H57N7O16S/c1-21(2)32(44-29(49)18-27(48-30(50)13-14-31(48)51)26-19-47(46-45-26)15-7-8-16-65(60,61)62)38(56)42-22(3)37(55)43-25-11-9-24(20-63-40(59)41(4,5)6)23(17-25)10-12-28-33(52)34(53)35(54)36(64-28)39(57)58/h9,11,13-14,17,19,21-22,27-28,32-36,52-54H,7-8,10,12,15-16,18,20H2,1-6H3,(H,42,56)(H,43,55)(H,44,49)(H,57,58)(H,60,61,62)/t22-,27+,28-,32-,33-,34+,35-,36-/m0/s1. The molecule has 1 aromatic carbocycles. The van der Waals surface area contributed by atoms with Crippen molar-refractivity contribution >= 4 is 57.3 Å². The molecule has 3 heterocycles. The van der Waals surface area contributed by atoms with Crippen molar-refractivity contribution in [3.8, 4) is 0 Å². The van der Waals surface area contributed by atoms with Gasteiger partial charge in [0.05, 0.1) is 35.9 Å². The number of aromatic nitrogens is 3. The van der Waals surface area contributed by atoms with Crippen LogP contribution in [0.4, 0.5) is 5.69 Å². The predicted molar refractivity (Wildman–Crippen MR) is 225 cm³/mol. The van der Waals surface area contributed by atoms with Crippen molar-refractivity contribution in [2.45, 2.75) is 135 Å². The Morgan fingerprint density at radius 1 is 0.923 bits per heavy atom. The molecule has 0 bridgehead atoms. The van der Waals surface area contributed by atoms with Crippen LogP contribution in [0, 0.1) is 11.3 Å². The number of esters is 1. The zero-order valence-corrected chi connectivity index (χ0v) is 37.6. The van der Waals surface area contributed by atoms with Gasteiger partial charge in [0.2, 0.25) is 17.7 Å². The van der Waals surface area contributed by atoms with E-state index in [1.54, 1.807) is 46.8 Å². The van der Waals surface area contributed by atoms with Crippen molar-refractivity contribution in [1.29, 1.82) is 0 Å². The molecule has 0 spiro atoms. The van der Waals surface area contributed by atoms with Crippen molar-refractivity contribution in [3.05, 3.63) is 53.4 Å². The smallest absolute Gasteiger partial charge is 0.335 e. The highest BCUT2D eigenvalue weighted by molar-refractivity contribution is 7.85. The highest BCUT2D eigenvalue weighted by Gasteiger charge is 2.46. The van der Waals surface area contributed by atoms with E-state index in [2.05, 4.69) is 26.3 Å². The molecule has 1 aromatic heterocycles. The van der Waals surface area contributed by atoms with Crippen LogP contribution in [0.25, 0.3) is 0 Å². The number of aliphatic carboxylic acids is 1. The molecule has 358 valence electrons. The molecular formula is C41H57N7O16S. The molecule has 5 amide bonds. The topological polar surface area (TPSA) is 343 Å². The van der Waals surface area contributed by atoms with Gasteiger partial charge in [-0.3, -0.25) is 42.9 Å². The fourth-order valence-corrected chi connectivity index (χ4v) is 7.44. The Morgan fingerprint density at radius 2 is 1.58 bits per heavy atom. The minimum Gasteiger partial charge on any atom is -0.479 e. The van der Waals surface area contributed by atoms with E-state index in [1.807, 2.05) is 0 Å². The van der Waals surface area contributed by atoms with Gasteiger partial charge in [0.25, 0.3) is 21.9 Å². The van der Waals surface area contributed by atoms with Gasteiger partial charge in [-0.05, 0) is 82.6 Å². The first-order valence-electron chi connectivity index (χ1n) is 20.8. The zero-order valence-electron chi connectivity index (χ0n) is 36.7. The number of nitrogens with one attached hydrogen (secondary N) is 3. The number of nitrogens with zero attached hydrogens (tertiary/aromatic N) is 4. The van der Waals surface area contributed by atoms with Gasteiger partial charge in [-0.25, -0.2) is 4.79 Å². The molecule has 0 unspecified atom stereocenters. The summed E-state index contributed by atoms with van der Waals surface area (Å²) in [4.78, 5) is 91.1. The van der Waals surface area contributed by atoms with E-state index < -0.39 is 124 Å². The van der Waals surface area contributed by atoms with E-state index in [0.717, 1.165) is 17.1 Å². The Morgan fingerprint density at radius 3 is 2.18 bits per heavy atom. The Kier molecular flexibility index (Phi) is 17.6. The molecule has 4 rings (SSSR count). The summed E-state index contributed by atoms with van der Waals surface area (Å²) >= 11 is 0. The summed E-state index contributed by atoms with van der Waals surface area (Å²) in [5, 5.41) is 56.3. The first-order chi connectivity index (χ1) is 30.3. The third-order valence-corrected chi connectivity index (χ3v) is 11.4. The summed E-state index contributed by atoms with van der Waals surface area (Å²) in [7, 11) is -4.16. The number of carbonyl (C=O) groups excluding carboxylic acids is 6. The van der Waals surface area contributed by atoms with Gasteiger partial charge in [-0.2, -0.15) is 8.42 Å². The fourth-order valence-electron chi connectivity index (χ4n) is 6.87. The maximum absolute atomic E-state index is 13.6. The number of aryl methyl sites for hydroxylation is 2. The lowest BCUT2D eigenvalue weighted by molar-refractivity contribution is -0.228. The molecule has 65 heavy (non-hydrogen) atoms. The Bertz CT molecular complexity index is 2220. The maximum Gasteiger partial charge on any atom is 0.335 e. The van der Waals surface area contributed by atoms with Gasteiger partial charge < -0.3 is 45.9 Å². The van der Waals surface area contributed by atoms with E-state index in [4.69, 9.17) is 14.0 Å². The summed E-state index contributed by atoms with van der Waals surface area (Å²) in [6, 6.07) is 0.994. The number of benzene rings is 1. The molecular weight excluding hydrogens is 879 g/mol. The van der Waals surface area contributed by atoms with Crippen molar-refractivity contribution in [3.63, 3.8) is 0 Å². The highest BCUT2D eigenvalue weighted by atomic mass is 32.2. The number of carbonyl (C=O) groups is 7. The summed E-state index contributed by atoms with van der Waals surface area (Å²) in [6.07, 6.45) is -5.07. The van der Waals surface area contributed by atoms with E-state index >= 15 is 0 Å². The number of amides is 5. The summed E-state index contributed by atoms with van der Waals surface area (Å²) in [5.74, 6) is -6.65. The monoisotopic (exact) mass is 935 g/mol. The first kappa shape index (κ1) is 52.0. The van der Waals surface area contributed by atoms with Gasteiger partial charge in [-0.1, -0.05) is 25.1 Å². The van der Waals surface area contributed by atoms with Crippen LogP contribution in [0.3, 0.4) is 0 Å². The molecule has 2 aliphatic rings. The molecule has 24 heteroatoms. The average molecular weight is 936 g/mol. The van der Waals surface area contributed by atoms with E-state index in [-0.39, 0.29) is 50.2 Å². The van der Waals surface area contributed by atoms with Crippen molar-refractivity contribution in [2.24, 2.45) is 11.3 Å². The van der Waals surface area contributed by atoms with Crippen molar-refractivity contribution < 1.29 is 76.4 Å². The molecule has 0 radical (unpaired) electrons. The van der Waals surface area contributed by atoms with Crippen LogP contribution < -0.4 is 16.0 Å². The predicted octanol–water partition coefficient (Wildman–Crippen LogP) is -0.457. The fraction of sp³-hybridized carbons (Fsp3) is 0.585. The summed E-state index contributed by atoms with van der Waals surface area (Å²) in [6.45, 7) is 9.67. The number of imide groups is 1. The average Bonchev–Trinajstić information content (AvgIpc) is 3.83. The number of rotatable bonds is 21. The van der Waals surface area contributed by atoms with Crippen LogP contribution in [-0.4, -0.2) is 143 Å². The normalized spacial score (nSPS) is 21.5. The van der Waals surface area contributed by atoms with E-state index in [9.17, 15) is 62.4 Å². The number of carboxylic acid groups (broad SMARTS) is 1. The molecule has 8 atom stereocenters. The number of anilines is 1. The molecule has 23 nitrogen and oxygen atoms in total. The summed E-state index contributed by atoms with van der Waals surface area (Å²) in [5.41, 5.74) is 0.442. The number of carboxylic acids is 1. The maximum atomic E-state index is 13.6. The first-order valence-corrected chi connectivity index (χ1v) is 22.4. The molecule has 1 fully saturated rings. The van der Waals surface area contributed by atoms with Crippen LogP contribution in [0.5, 0.6) is 0 Å². The van der Waals surface area contributed by atoms with Crippen molar-refractivity contribution in [1.82, 2.24) is 30.5 Å². The quantitative estimate of drug-likeness (QED) is 0.0340. The number of hydrogen-bond donors (Lipinski definition) is 8. The molecule has 2 aromatic rings. The van der Waals surface area contributed by atoms with Crippen molar-refractivity contribution in [2.75, 3.05) is 11.1 Å². The van der Waals surface area contributed by atoms with E-state index in [0.29, 0.717) is 11.1 Å². The number of ether oxygens (including phenoxy) is 2. The van der Waals surface area contributed by atoms with Gasteiger partial charge in [-0.15, -0.1) is 5.10 Å². The largest absolute Gasteiger partial charge is 0.479 e. The molecule has 2 aliphatic heterocycles. The van der Waals surface area contributed by atoms with Gasteiger partial charge in [0, 0.05) is 24.4 Å². The SMILES string of the molecule is CC(C)[C@H](NC(=O)C[C@H](c1cn(CCCCS(=O)(=O)O)nn1)N1C(=O)C=CC1=O)C(=O)N[C@@H](C)C(=O)Nc1ccc(COC(=O)C(C)(C)C)c(CC[C@@H]2O[C@H](C(=O)O)[C@@H](O)[C@H](O)[C@H]2O)c1. The third-order valence-electron chi connectivity index (χ3n) is 10.6. The number of hydrogen-bond acceptors (Lipinski definition) is 16. The molecule has 8 N–H and O–H groups in total. The second kappa shape index (κ2) is 22.0. The number of aliphatic hydroxyl groups excluding tert-OH is 3. The Hall–Kier alpha value is -5.66. The second-order valence-corrected chi connectivity index (χ2v) is 18.8. The number of aliphatic hydroxyl groups is 3. The van der Waals surface area contributed by atoms with Crippen LogP contribution in [-0.2, 0) is 72.7 Å². The van der Waals surface area contributed by atoms with Crippen LogP contribution in [0.15, 0.2) is 36.5 Å². The van der Waals surface area contributed by atoms with E-state index in [1.165, 1.54) is 23.9 Å². The third kappa shape index (κ3) is 14.4. The Balaban J connectivity index is 1.44. The minimum absolute atomic E-state index is 0.0561. The number of unbranched alkanes of at least 4 members (excludes halogenated alkanes) is 1. The molecule has 0 saturated carbocycles. The molecule has 0 aliphatic carbocycles. The lowest BCUT2D eigenvalue weighted by Crippen LogP contribution is -2.59. The minimum atomic E-state index is -4.16. The van der Waals surface area contributed by atoms with Crippen LogP contribution in [0.2, 0.25) is 0 Å². The van der Waals surface area contributed by atoms with Crippen LogP contribution in [0.1, 0.15) is 90.1 Å². The van der Waals surface area contributed by atoms with Crippen LogP contribution >= 0.6 is 0 Å². The lowest BCUT2D eigenvalue weighted by Gasteiger charge is -2.39. The zero-order chi connectivity index (χ0) is 48.6. The van der Waals surface area contributed by atoms with Gasteiger partial charge in [0.15, 0.2) is 6.10 Å². The second-order valence-electron chi connectivity index (χ2n) is 17.3. The lowest BCUT2D eigenvalue weighted by atomic mass is 9.91. The summed E-state index contributed by atoms with van der Waals surface area (Å²) < 4.78 is 43.3. The molecule has 1 saturated heterocycles. The van der Waals surface area contributed by atoms with Gasteiger partial charge in [0.1, 0.15) is 42.7 Å².